The number of carbonyl (C=O) groups excluding carboxylic acids is 1. The molecule has 0 amide bonds. The number of pyridine rings is 1. The van der Waals surface area contributed by atoms with Crippen molar-refractivity contribution in [3.63, 3.8) is 0 Å². The van der Waals surface area contributed by atoms with E-state index < -0.39 is 5.97 Å². The van der Waals surface area contributed by atoms with Crippen molar-refractivity contribution in [2.75, 3.05) is 11.9 Å². The quantitative estimate of drug-likeness (QED) is 0.608. The molecule has 0 aromatic carbocycles. The Labute approximate surface area is 164 Å². The number of hydrogen-bond donors (Lipinski definition) is 2. The standard InChI is InChI=1S/C21H26N4O3/c26-19(10-16(11-20(27)28)17-12-22-14-23-13-17)6-2-1-5-18-8-7-15-4-3-9-24-21(15)25-18/h7-8,12-14,16H,1-6,9-11H2,(H,24,25)(H,27,28)/t16-/m1/s1. The fourth-order valence-corrected chi connectivity index (χ4v) is 3.55. The van der Waals surface area contributed by atoms with Gasteiger partial charge in [-0.3, -0.25) is 9.59 Å². The minimum absolute atomic E-state index is 0.0789. The van der Waals surface area contributed by atoms with Crippen molar-refractivity contribution in [3.8, 4) is 0 Å². The monoisotopic (exact) mass is 382 g/mol. The fraction of sp³-hybridized carbons (Fsp3) is 0.476. The van der Waals surface area contributed by atoms with E-state index in [1.807, 2.05) is 0 Å². The van der Waals surface area contributed by atoms with E-state index >= 15 is 0 Å². The number of fused-ring (bicyclic) bond motifs is 1. The highest BCUT2D eigenvalue weighted by Crippen LogP contribution is 2.24. The van der Waals surface area contributed by atoms with E-state index in [1.54, 1.807) is 12.4 Å². The molecule has 3 heterocycles. The van der Waals surface area contributed by atoms with Crippen LogP contribution in [-0.4, -0.2) is 38.4 Å². The molecule has 0 saturated carbocycles. The number of carboxylic acid groups (broad SMARTS) is 1. The van der Waals surface area contributed by atoms with Crippen molar-refractivity contribution < 1.29 is 14.7 Å². The second kappa shape index (κ2) is 9.92. The van der Waals surface area contributed by atoms with E-state index in [-0.39, 0.29) is 24.5 Å². The first-order chi connectivity index (χ1) is 13.6. The summed E-state index contributed by atoms with van der Waals surface area (Å²) in [6.45, 7) is 0.974. The highest BCUT2D eigenvalue weighted by Gasteiger charge is 2.19. The van der Waals surface area contributed by atoms with Gasteiger partial charge in [-0.05, 0) is 49.3 Å². The zero-order chi connectivity index (χ0) is 19.8. The number of nitrogens with zero attached hydrogens (tertiary/aromatic N) is 3. The van der Waals surface area contributed by atoms with Gasteiger partial charge in [0.1, 0.15) is 17.9 Å². The topological polar surface area (TPSA) is 105 Å². The number of aryl methyl sites for hydroxylation is 2. The minimum atomic E-state index is -0.922. The summed E-state index contributed by atoms with van der Waals surface area (Å²) in [5.74, 6) is -0.218. The lowest BCUT2D eigenvalue weighted by Gasteiger charge is -2.17. The summed E-state index contributed by atoms with van der Waals surface area (Å²) in [5, 5.41) is 12.5. The predicted molar refractivity (Wildman–Crippen MR) is 105 cm³/mol. The van der Waals surface area contributed by atoms with Crippen molar-refractivity contribution in [1.82, 2.24) is 15.0 Å². The Morgan fingerprint density at radius 2 is 1.96 bits per heavy atom. The molecule has 2 aromatic rings. The van der Waals surface area contributed by atoms with Crippen molar-refractivity contribution in [3.05, 3.63) is 47.7 Å². The second-order valence-electron chi connectivity index (χ2n) is 7.26. The third-order valence-corrected chi connectivity index (χ3v) is 5.04. The fourth-order valence-electron chi connectivity index (χ4n) is 3.55. The summed E-state index contributed by atoms with van der Waals surface area (Å²) >= 11 is 0. The molecule has 0 bridgehead atoms. The van der Waals surface area contributed by atoms with Gasteiger partial charge in [-0.1, -0.05) is 6.07 Å². The van der Waals surface area contributed by atoms with E-state index in [9.17, 15) is 9.59 Å². The minimum Gasteiger partial charge on any atom is -0.481 e. The summed E-state index contributed by atoms with van der Waals surface area (Å²) in [5.41, 5.74) is 3.02. The molecule has 7 nitrogen and oxygen atoms in total. The molecule has 0 saturated heterocycles. The van der Waals surface area contributed by atoms with Gasteiger partial charge in [0, 0.05) is 43.4 Å². The molecule has 148 valence electrons. The maximum absolute atomic E-state index is 12.4. The third-order valence-electron chi connectivity index (χ3n) is 5.04. The second-order valence-corrected chi connectivity index (χ2v) is 7.26. The van der Waals surface area contributed by atoms with Crippen LogP contribution in [0.2, 0.25) is 0 Å². The molecule has 0 unspecified atom stereocenters. The molecular weight excluding hydrogens is 356 g/mol. The Hall–Kier alpha value is -2.83. The van der Waals surface area contributed by atoms with Gasteiger partial charge >= 0.3 is 5.97 Å². The van der Waals surface area contributed by atoms with E-state index in [0.717, 1.165) is 50.2 Å². The number of Topliss-reactive ketones (excluding diaryl/α,β-unsaturated/α-hetero) is 1. The number of nitrogens with one attached hydrogen (secondary N) is 1. The summed E-state index contributed by atoms with van der Waals surface area (Å²) in [4.78, 5) is 36.0. The van der Waals surface area contributed by atoms with Crippen LogP contribution in [-0.2, 0) is 22.4 Å². The summed E-state index contributed by atoms with van der Waals surface area (Å²) < 4.78 is 0. The molecule has 7 heteroatoms. The maximum Gasteiger partial charge on any atom is 0.303 e. The van der Waals surface area contributed by atoms with Gasteiger partial charge < -0.3 is 10.4 Å². The van der Waals surface area contributed by atoms with Crippen LogP contribution in [0, 0.1) is 0 Å². The molecule has 2 N–H and O–H groups in total. The normalized spacial score (nSPS) is 14.0. The largest absolute Gasteiger partial charge is 0.481 e. The smallest absolute Gasteiger partial charge is 0.303 e. The van der Waals surface area contributed by atoms with Crippen LogP contribution >= 0.6 is 0 Å². The first-order valence-electron chi connectivity index (χ1n) is 9.83. The molecule has 1 aliphatic rings. The third kappa shape index (κ3) is 5.84. The molecule has 1 aliphatic heterocycles. The van der Waals surface area contributed by atoms with Crippen molar-refractivity contribution in [2.24, 2.45) is 0 Å². The Balaban J connectivity index is 1.45. The Bertz CT molecular complexity index is 811. The van der Waals surface area contributed by atoms with Gasteiger partial charge in [-0.15, -0.1) is 0 Å². The van der Waals surface area contributed by atoms with E-state index in [1.165, 1.54) is 11.9 Å². The number of anilines is 1. The number of hydrogen-bond acceptors (Lipinski definition) is 6. The lowest BCUT2D eigenvalue weighted by Crippen LogP contribution is -2.14. The van der Waals surface area contributed by atoms with Gasteiger partial charge in [0.25, 0.3) is 0 Å². The van der Waals surface area contributed by atoms with E-state index in [4.69, 9.17) is 5.11 Å². The average Bonchev–Trinajstić information content (AvgIpc) is 2.71. The zero-order valence-corrected chi connectivity index (χ0v) is 15.9. The number of unbranched alkanes of at least 4 members (excludes halogenated alkanes) is 1. The Kier molecular flexibility index (Phi) is 7.06. The number of rotatable bonds is 10. The molecule has 1 atom stereocenters. The average molecular weight is 382 g/mol. The summed E-state index contributed by atoms with van der Waals surface area (Å²) in [6, 6.07) is 4.22. The van der Waals surface area contributed by atoms with Crippen LogP contribution < -0.4 is 5.32 Å². The molecule has 3 rings (SSSR count). The summed E-state index contributed by atoms with van der Waals surface area (Å²) in [7, 11) is 0. The van der Waals surface area contributed by atoms with Crippen molar-refractivity contribution in [1.29, 1.82) is 0 Å². The SMILES string of the molecule is O=C(O)C[C@@H](CC(=O)CCCCc1ccc2c(n1)NCCC2)c1cncnc1. The van der Waals surface area contributed by atoms with Gasteiger partial charge in [0.2, 0.25) is 0 Å². The highest BCUT2D eigenvalue weighted by atomic mass is 16.4. The first kappa shape index (κ1) is 19.9. The molecule has 0 aliphatic carbocycles. The number of carbonyl (C=O) groups is 2. The van der Waals surface area contributed by atoms with Gasteiger partial charge in [-0.25, -0.2) is 15.0 Å². The Morgan fingerprint density at radius 3 is 2.75 bits per heavy atom. The maximum atomic E-state index is 12.4. The number of aromatic nitrogens is 3. The molecule has 0 fully saturated rings. The van der Waals surface area contributed by atoms with Crippen LogP contribution in [0.1, 0.15) is 61.3 Å². The van der Waals surface area contributed by atoms with Crippen molar-refractivity contribution in [2.45, 2.75) is 57.3 Å². The van der Waals surface area contributed by atoms with Crippen LogP contribution in [0.3, 0.4) is 0 Å². The molecule has 2 aromatic heterocycles. The molecule has 0 radical (unpaired) electrons. The van der Waals surface area contributed by atoms with Crippen LogP contribution in [0.25, 0.3) is 0 Å². The van der Waals surface area contributed by atoms with Gasteiger partial charge in [0.05, 0.1) is 6.42 Å². The molecule has 28 heavy (non-hydrogen) atoms. The highest BCUT2D eigenvalue weighted by molar-refractivity contribution is 5.80. The van der Waals surface area contributed by atoms with Crippen molar-refractivity contribution >= 4 is 17.6 Å². The van der Waals surface area contributed by atoms with E-state index in [0.29, 0.717) is 12.0 Å². The Morgan fingerprint density at radius 1 is 1.14 bits per heavy atom. The summed E-state index contributed by atoms with van der Waals surface area (Å²) in [6.07, 6.45) is 9.86. The number of carboxylic acids is 1. The molecular formula is C21H26N4O3. The van der Waals surface area contributed by atoms with Crippen LogP contribution in [0.15, 0.2) is 30.9 Å². The first-order valence-corrected chi connectivity index (χ1v) is 9.83. The zero-order valence-electron chi connectivity index (χ0n) is 15.9. The van der Waals surface area contributed by atoms with Gasteiger partial charge in [-0.2, -0.15) is 0 Å². The number of ketones is 1. The lowest BCUT2D eigenvalue weighted by atomic mass is 9.91. The van der Waals surface area contributed by atoms with Crippen LogP contribution in [0.4, 0.5) is 5.82 Å². The van der Waals surface area contributed by atoms with Crippen LogP contribution in [0.5, 0.6) is 0 Å². The van der Waals surface area contributed by atoms with Gasteiger partial charge in [0.15, 0.2) is 0 Å². The van der Waals surface area contributed by atoms with E-state index in [2.05, 4.69) is 32.4 Å². The predicted octanol–water partition coefficient (Wildman–Crippen LogP) is 3.16. The molecule has 0 spiro atoms. The number of aliphatic carboxylic acids is 1. The lowest BCUT2D eigenvalue weighted by molar-refractivity contribution is -0.137.